The molecule has 1 unspecified atom stereocenters. The van der Waals surface area contributed by atoms with E-state index in [0.717, 1.165) is 36.5 Å². The van der Waals surface area contributed by atoms with Crippen LogP contribution in [0.3, 0.4) is 0 Å². The van der Waals surface area contributed by atoms with E-state index >= 15 is 0 Å². The van der Waals surface area contributed by atoms with Gasteiger partial charge in [0.1, 0.15) is 6.04 Å². The molecular weight excluding hydrogens is 439 g/mol. The average molecular weight is 472 g/mol. The molecule has 0 amide bonds. The summed E-state index contributed by atoms with van der Waals surface area (Å²) in [4.78, 5) is 17.3. The largest absolute Gasteiger partial charge is 0.416 e. The zero-order valence-corrected chi connectivity index (χ0v) is 19.6. The fraction of sp³-hybridized carbons (Fsp3) is 0.464. The van der Waals surface area contributed by atoms with Gasteiger partial charge in [-0.2, -0.15) is 13.2 Å². The van der Waals surface area contributed by atoms with Crippen LogP contribution in [0.25, 0.3) is 0 Å². The zero-order chi connectivity index (χ0) is 24.4. The summed E-state index contributed by atoms with van der Waals surface area (Å²) in [7, 11) is 0. The summed E-state index contributed by atoms with van der Waals surface area (Å²) in [5.74, 6) is 6.81. The summed E-state index contributed by atoms with van der Waals surface area (Å²) in [6.07, 6.45) is 5.20. The molecule has 3 rings (SSSR count). The van der Waals surface area contributed by atoms with Gasteiger partial charge in [-0.3, -0.25) is 4.79 Å². The molecule has 1 fully saturated rings. The SMILES string of the molecule is CC(=O)ON(Cc1ccc(C(F)(F)F)cc1)C(C#CCCCC1CCCCC1)c1ccccc1. The third-order valence-corrected chi connectivity index (χ3v) is 6.15. The molecule has 6 heteroatoms. The average Bonchev–Trinajstić information content (AvgIpc) is 2.82. The van der Waals surface area contributed by atoms with Gasteiger partial charge in [0.15, 0.2) is 0 Å². The van der Waals surface area contributed by atoms with E-state index in [1.54, 1.807) is 0 Å². The van der Waals surface area contributed by atoms with E-state index in [1.165, 1.54) is 62.6 Å². The Morgan fingerprint density at radius 1 is 1.06 bits per heavy atom. The second kappa shape index (κ2) is 12.6. The third kappa shape index (κ3) is 8.22. The molecule has 0 radical (unpaired) electrons. The molecule has 34 heavy (non-hydrogen) atoms. The predicted octanol–water partition coefficient (Wildman–Crippen LogP) is 7.48. The minimum Gasteiger partial charge on any atom is -0.366 e. The standard InChI is InChI=1S/C28H32F3NO2/c1-22(33)34-32(21-24-17-19-26(20-18-24)28(29,30)31)27(25-14-8-4-9-15-25)16-10-3-7-13-23-11-5-2-6-12-23/h4,8-9,14-15,17-20,23,27H,2-3,5-7,11-13,21H2,1H3. The van der Waals surface area contributed by atoms with Gasteiger partial charge in [-0.1, -0.05) is 80.5 Å². The van der Waals surface area contributed by atoms with Crippen LogP contribution in [-0.4, -0.2) is 11.0 Å². The Labute approximate surface area is 200 Å². The summed E-state index contributed by atoms with van der Waals surface area (Å²) >= 11 is 0. The number of hydrogen-bond donors (Lipinski definition) is 0. The fourth-order valence-corrected chi connectivity index (χ4v) is 4.40. The molecule has 2 aromatic carbocycles. The first-order valence-electron chi connectivity index (χ1n) is 12.0. The van der Waals surface area contributed by atoms with Crippen LogP contribution in [0.5, 0.6) is 0 Å². The van der Waals surface area contributed by atoms with Crippen LogP contribution in [0.15, 0.2) is 54.6 Å². The van der Waals surface area contributed by atoms with E-state index < -0.39 is 23.8 Å². The van der Waals surface area contributed by atoms with Gasteiger partial charge in [-0.15, -0.1) is 11.0 Å². The highest BCUT2D eigenvalue weighted by atomic mass is 19.4. The van der Waals surface area contributed by atoms with Gasteiger partial charge in [0.05, 0.1) is 12.1 Å². The number of hydrogen-bond acceptors (Lipinski definition) is 3. The Morgan fingerprint density at radius 2 is 1.74 bits per heavy atom. The highest BCUT2D eigenvalue weighted by Gasteiger charge is 2.30. The van der Waals surface area contributed by atoms with Crippen molar-refractivity contribution in [3.05, 3.63) is 71.3 Å². The molecule has 0 N–H and O–H groups in total. The van der Waals surface area contributed by atoms with Crippen molar-refractivity contribution in [3.8, 4) is 11.8 Å². The fourth-order valence-electron chi connectivity index (χ4n) is 4.40. The van der Waals surface area contributed by atoms with Crippen molar-refractivity contribution < 1.29 is 22.8 Å². The maximum Gasteiger partial charge on any atom is 0.416 e. The summed E-state index contributed by atoms with van der Waals surface area (Å²) in [6, 6.07) is 13.8. The molecule has 0 saturated heterocycles. The van der Waals surface area contributed by atoms with Crippen LogP contribution in [0.4, 0.5) is 13.2 Å². The zero-order valence-electron chi connectivity index (χ0n) is 19.6. The van der Waals surface area contributed by atoms with Crippen molar-refractivity contribution in [2.24, 2.45) is 5.92 Å². The first-order chi connectivity index (χ1) is 16.3. The van der Waals surface area contributed by atoms with Gasteiger partial charge < -0.3 is 4.84 Å². The van der Waals surface area contributed by atoms with E-state index in [4.69, 9.17) is 4.84 Å². The van der Waals surface area contributed by atoms with Crippen LogP contribution in [-0.2, 0) is 22.4 Å². The smallest absolute Gasteiger partial charge is 0.366 e. The monoisotopic (exact) mass is 471 g/mol. The van der Waals surface area contributed by atoms with Gasteiger partial charge in [-0.25, -0.2) is 0 Å². The minimum atomic E-state index is -4.40. The molecule has 3 nitrogen and oxygen atoms in total. The molecule has 0 aliphatic heterocycles. The van der Waals surface area contributed by atoms with Crippen molar-refractivity contribution in [1.29, 1.82) is 0 Å². The van der Waals surface area contributed by atoms with Crippen molar-refractivity contribution in [3.63, 3.8) is 0 Å². The lowest BCUT2D eigenvalue weighted by molar-refractivity contribution is -0.198. The highest BCUT2D eigenvalue weighted by molar-refractivity contribution is 5.65. The summed E-state index contributed by atoms with van der Waals surface area (Å²) in [6.45, 7) is 1.42. The lowest BCUT2D eigenvalue weighted by Crippen LogP contribution is -2.30. The molecule has 1 aliphatic rings. The second-order valence-corrected chi connectivity index (χ2v) is 8.88. The molecule has 1 aliphatic carbocycles. The number of alkyl halides is 3. The molecule has 1 saturated carbocycles. The van der Waals surface area contributed by atoms with E-state index in [2.05, 4.69) is 11.8 Å². The Balaban J connectivity index is 1.74. The molecule has 1 atom stereocenters. The molecule has 182 valence electrons. The number of rotatable bonds is 8. The third-order valence-electron chi connectivity index (χ3n) is 6.15. The van der Waals surface area contributed by atoms with E-state index in [-0.39, 0.29) is 6.54 Å². The van der Waals surface area contributed by atoms with Gasteiger partial charge in [-0.05, 0) is 42.0 Å². The molecular formula is C28H32F3NO2. The topological polar surface area (TPSA) is 29.5 Å². The van der Waals surface area contributed by atoms with Crippen molar-refractivity contribution >= 4 is 5.97 Å². The maximum atomic E-state index is 12.9. The highest BCUT2D eigenvalue weighted by Crippen LogP contribution is 2.30. The van der Waals surface area contributed by atoms with Crippen LogP contribution in [0.2, 0.25) is 0 Å². The van der Waals surface area contributed by atoms with Crippen LogP contribution >= 0.6 is 0 Å². The summed E-state index contributed by atoms with van der Waals surface area (Å²) in [5, 5.41) is 1.45. The lowest BCUT2D eigenvalue weighted by Gasteiger charge is -2.27. The second-order valence-electron chi connectivity index (χ2n) is 8.88. The number of carbonyl (C=O) groups excluding carboxylic acids is 1. The normalized spacial score (nSPS) is 15.4. The summed E-state index contributed by atoms with van der Waals surface area (Å²) < 4.78 is 38.8. The van der Waals surface area contributed by atoms with E-state index in [1.807, 2.05) is 30.3 Å². The first-order valence-corrected chi connectivity index (χ1v) is 12.0. The van der Waals surface area contributed by atoms with E-state index in [0.29, 0.717) is 5.56 Å². The summed E-state index contributed by atoms with van der Waals surface area (Å²) in [5.41, 5.74) is 0.734. The Bertz CT molecular complexity index is 955. The molecule has 0 bridgehead atoms. The number of hydroxylamine groups is 2. The number of benzene rings is 2. The first kappa shape index (κ1) is 25.8. The molecule has 2 aromatic rings. The number of unbranched alkanes of at least 4 members (excludes halogenated alkanes) is 1. The van der Waals surface area contributed by atoms with Crippen molar-refractivity contribution in [1.82, 2.24) is 5.06 Å². The van der Waals surface area contributed by atoms with Crippen LogP contribution in [0.1, 0.15) is 81.0 Å². The Kier molecular flexibility index (Phi) is 9.59. The number of nitrogens with zero attached hydrogens (tertiary/aromatic N) is 1. The predicted molar refractivity (Wildman–Crippen MR) is 126 cm³/mol. The van der Waals surface area contributed by atoms with Gasteiger partial charge in [0.2, 0.25) is 0 Å². The van der Waals surface area contributed by atoms with Crippen LogP contribution < -0.4 is 0 Å². The quantitative estimate of drug-likeness (QED) is 0.227. The molecule has 0 spiro atoms. The van der Waals surface area contributed by atoms with Crippen molar-refractivity contribution in [2.75, 3.05) is 0 Å². The molecule has 0 aromatic heterocycles. The van der Waals surface area contributed by atoms with Gasteiger partial charge in [0.25, 0.3) is 0 Å². The van der Waals surface area contributed by atoms with Gasteiger partial charge >= 0.3 is 12.1 Å². The number of halogens is 3. The van der Waals surface area contributed by atoms with E-state index in [9.17, 15) is 18.0 Å². The molecule has 0 heterocycles. The van der Waals surface area contributed by atoms with Gasteiger partial charge in [0, 0.05) is 13.3 Å². The number of carbonyl (C=O) groups is 1. The Hall–Kier alpha value is -2.78. The minimum absolute atomic E-state index is 0.119. The van der Waals surface area contributed by atoms with Crippen LogP contribution in [0, 0.1) is 17.8 Å². The maximum absolute atomic E-state index is 12.9. The van der Waals surface area contributed by atoms with Crippen molar-refractivity contribution in [2.45, 2.75) is 77.1 Å². The Morgan fingerprint density at radius 3 is 2.35 bits per heavy atom. The lowest BCUT2D eigenvalue weighted by atomic mass is 9.86.